The highest BCUT2D eigenvalue weighted by Gasteiger charge is 2.12. The summed E-state index contributed by atoms with van der Waals surface area (Å²) in [5.41, 5.74) is 4.44. The summed E-state index contributed by atoms with van der Waals surface area (Å²) in [5.74, 6) is -0.347. The van der Waals surface area contributed by atoms with Crippen molar-refractivity contribution in [3.8, 4) is 22.3 Å². The summed E-state index contributed by atoms with van der Waals surface area (Å²) in [4.78, 5) is 24.4. The third kappa shape index (κ3) is 6.33. The summed E-state index contributed by atoms with van der Waals surface area (Å²) in [6.07, 6.45) is 7.49. The van der Waals surface area contributed by atoms with E-state index in [2.05, 4.69) is 10.6 Å². The molecule has 2 aromatic carbocycles. The van der Waals surface area contributed by atoms with Crippen molar-refractivity contribution < 1.29 is 18.7 Å². The number of carbonyl (C=O) groups is 2. The minimum Gasteiger partial charge on any atom is -0.333 e. The van der Waals surface area contributed by atoms with Crippen LogP contribution in [0, 0.1) is 0 Å². The van der Waals surface area contributed by atoms with Crippen LogP contribution in [0.15, 0.2) is 110 Å². The maximum absolute atomic E-state index is 12.2. The number of nitrogens with zero attached hydrogens (tertiary/aromatic N) is 2. The van der Waals surface area contributed by atoms with Crippen molar-refractivity contribution in [1.82, 2.24) is 10.6 Å². The fourth-order valence-electron chi connectivity index (χ4n) is 3.46. The van der Waals surface area contributed by atoms with Gasteiger partial charge in [0.15, 0.2) is 24.8 Å². The zero-order chi connectivity index (χ0) is 22.9. The molecule has 0 aliphatic carbocycles. The van der Waals surface area contributed by atoms with Crippen molar-refractivity contribution in [2.75, 3.05) is 6.67 Å². The van der Waals surface area contributed by atoms with Gasteiger partial charge in [-0.2, -0.15) is 9.13 Å². The van der Waals surface area contributed by atoms with Gasteiger partial charge in [-0.05, 0) is 22.3 Å². The topological polar surface area (TPSA) is 66.0 Å². The molecule has 0 fully saturated rings. The Balaban J connectivity index is 1.20. The van der Waals surface area contributed by atoms with E-state index in [1.54, 1.807) is 9.13 Å². The quantitative estimate of drug-likeness (QED) is 0.328. The van der Waals surface area contributed by atoms with E-state index in [4.69, 9.17) is 0 Å². The predicted octanol–water partition coefficient (Wildman–Crippen LogP) is 2.49. The van der Waals surface area contributed by atoms with Gasteiger partial charge in [-0.15, -0.1) is 0 Å². The van der Waals surface area contributed by atoms with Crippen LogP contribution in [-0.4, -0.2) is 18.5 Å². The number of hydrogen-bond donors (Lipinski definition) is 2. The summed E-state index contributed by atoms with van der Waals surface area (Å²) in [6, 6.07) is 28.0. The fraction of sp³-hybridized carbons (Fsp3) is 0.111. The van der Waals surface area contributed by atoms with E-state index in [1.807, 2.05) is 110 Å². The van der Waals surface area contributed by atoms with Gasteiger partial charge in [-0.25, -0.2) is 0 Å². The fourth-order valence-corrected chi connectivity index (χ4v) is 3.46. The second kappa shape index (κ2) is 10.8. The summed E-state index contributed by atoms with van der Waals surface area (Å²) in [6.45, 7) is 0.449. The van der Waals surface area contributed by atoms with Gasteiger partial charge < -0.3 is 10.6 Å². The lowest BCUT2D eigenvalue weighted by Gasteiger charge is -2.05. The average molecular weight is 439 g/mol. The Bertz CT molecular complexity index is 1100. The normalized spacial score (nSPS) is 10.4. The number of pyridine rings is 2. The summed E-state index contributed by atoms with van der Waals surface area (Å²) >= 11 is 0. The van der Waals surface area contributed by atoms with Crippen LogP contribution in [0.5, 0.6) is 0 Å². The van der Waals surface area contributed by atoms with Crippen LogP contribution in [0.4, 0.5) is 0 Å². The zero-order valence-corrected chi connectivity index (χ0v) is 18.2. The average Bonchev–Trinajstić information content (AvgIpc) is 2.86. The standard InChI is InChI=1S/C27H24N4O2/c32-26(19-30-15-11-24(12-16-30)22-7-3-1-4-8-22)28-21-29-27(33)20-31-17-13-25(14-18-31)23-9-5-2-6-10-23/h1-18H,19-21H2/p+2. The maximum atomic E-state index is 12.2. The Labute approximate surface area is 193 Å². The third-order valence-corrected chi connectivity index (χ3v) is 5.22. The minimum absolute atomic E-state index is 0.0863. The minimum atomic E-state index is -0.173. The lowest BCUT2D eigenvalue weighted by atomic mass is 10.1. The van der Waals surface area contributed by atoms with E-state index in [0.29, 0.717) is 0 Å². The molecule has 0 spiro atoms. The zero-order valence-electron chi connectivity index (χ0n) is 18.2. The number of carbonyl (C=O) groups excluding carboxylic acids is 2. The van der Waals surface area contributed by atoms with Crippen LogP contribution in [0.3, 0.4) is 0 Å². The molecule has 2 amide bonds. The molecular formula is C27H26N4O2+2. The van der Waals surface area contributed by atoms with Crippen molar-refractivity contribution in [2.45, 2.75) is 13.1 Å². The first kappa shape index (κ1) is 21.9. The van der Waals surface area contributed by atoms with Gasteiger partial charge in [0.05, 0.1) is 6.67 Å². The molecule has 0 saturated heterocycles. The Morgan fingerprint density at radius 2 is 0.848 bits per heavy atom. The third-order valence-electron chi connectivity index (χ3n) is 5.22. The first-order valence-corrected chi connectivity index (χ1v) is 10.8. The molecule has 0 unspecified atom stereocenters. The van der Waals surface area contributed by atoms with Crippen LogP contribution >= 0.6 is 0 Å². The number of hydrogen-bond acceptors (Lipinski definition) is 2. The first-order chi connectivity index (χ1) is 16.2. The Morgan fingerprint density at radius 1 is 0.515 bits per heavy atom. The lowest BCUT2D eigenvalue weighted by molar-refractivity contribution is -0.684. The molecule has 0 bridgehead atoms. The lowest BCUT2D eigenvalue weighted by Crippen LogP contribution is -2.48. The highest BCUT2D eigenvalue weighted by molar-refractivity contribution is 5.77. The molecule has 6 nitrogen and oxygen atoms in total. The number of benzene rings is 2. The number of rotatable bonds is 8. The molecule has 33 heavy (non-hydrogen) atoms. The molecular weight excluding hydrogens is 412 g/mol. The summed E-state index contributed by atoms with van der Waals surface area (Å²) < 4.78 is 3.60. The van der Waals surface area contributed by atoms with Crippen molar-refractivity contribution in [2.24, 2.45) is 0 Å². The van der Waals surface area contributed by atoms with Crippen molar-refractivity contribution >= 4 is 11.8 Å². The van der Waals surface area contributed by atoms with Gasteiger partial charge in [0.2, 0.25) is 13.1 Å². The van der Waals surface area contributed by atoms with E-state index in [1.165, 1.54) is 0 Å². The molecule has 0 aliphatic heterocycles. The largest absolute Gasteiger partial charge is 0.333 e. The van der Waals surface area contributed by atoms with Crippen LogP contribution in [0.2, 0.25) is 0 Å². The molecule has 2 aromatic heterocycles. The number of aromatic nitrogens is 2. The molecule has 4 rings (SSSR count). The molecule has 0 radical (unpaired) electrons. The smallest absolute Gasteiger partial charge is 0.287 e. The van der Waals surface area contributed by atoms with Gasteiger partial charge in [0, 0.05) is 24.3 Å². The van der Waals surface area contributed by atoms with E-state index in [9.17, 15) is 9.59 Å². The predicted molar refractivity (Wildman–Crippen MR) is 125 cm³/mol. The number of nitrogens with one attached hydrogen (secondary N) is 2. The monoisotopic (exact) mass is 438 g/mol. The SMILES string of the molecule is O=C(C[n+]1ccc(-c2ccccc2)cc1)NCNC(=O)C[n+]1ccc(-c2ccccc2)cc1. The second-order valence-corrected chi connectivity index (χ2v) is 7.63. The molecule has 2 heterocycles. The Hall–Kier alpha value is -4.32. The van der Waals surface area contributed by atoms with Crippen LogP contribution in [0.1, 0.15) is 0 Å². The van der Waals surface area contributed by atoms with Crippen LogP contribution in [-0.2, 0) is 22.7 Å². The van der Waals surface area contributed by atoms with E-state index >= 15 is 0 Å². The van der Waals surface area contributed by atoms with E-state index in [0.717, 1.165) is 22.3 Å². The van der Waals surface area contributed by atoms with Gasteiger partial charge in [-0.1, -0.05) is 60.7 Å². The highest BCUT2D eigenvalue weighted by atomic mass is 16.2. The molecule has 4 aromatic rings. The van der Waals surface area contributed by atoms with Gasteiger partial charge in [-0.3, -0.25) is 9.59 Å². The van der Waals surface area contributed by atoms with E-state index < -0.39 is 0 Å². The van der Waals surface area contributed by atoms with E-state index in [-0.39, 0.29) is 31.6 Å². The molecule has 2 N–H and O–H groups in total. The Kier molecular flexibility index (Phi) is 7.18. The highest BCUT2D eigenvalue weighted by Crippen LogP contribution is 2.17. The second-order valence-electron chi connectivity index (χ2n) is 7.63. The van der Waals surface area contributed by atoms with Crippen molar-refractivity contribution in [1.29, 1.82) is 0 Å². The number of amides is 2. The molecule has 0 aliphatic rings. The molecule has 0 atom stereocenters. The first-order valence-electron chi connectivity index (χ1n) is 10.8. The van der Waals surface area contributed by atoms with Crippen LogP contribution in [0.25, 0.3) is 22.3 Å². The molecule has 164 valence electrons. The summed E-state index contributed by atoms with van der Waals surface area (Å²) in [5, 5.41) is 5.45. The van der Waals surface area contributed by atoms with Gasteiger partial charge in [0.1, 0.15) is 0 Å². The van der Waals surface area contributed by atoms with Crippen molar-refractivity contribution in [3.63, 3.8) is 0 Å². The van der Waals surface area contributed by atoms with Crippen molar-refractivity contribution in [3.05, 3.63) is 110 Å². The molecule has 6 heteroatoms. The maximum Gasteiger partial charge on any atom is 0.287 e. The van der Waals surface area contributed by atoms with Crippen LogP contribution < -0.4 is 19.8 Å². The molecule has 0 saturated carbocycles. The Morgan fingerprint density at radius 3 is 1.21 bits per heavy atom. The summed E-state index contributed by atoms with van der Waals surface area (Å²) in [7, 11) is 0. The van der Waals surface area contributed by atoms with Gasteiger partial charge in [0.25, 0.3) is 11.8 Å². The van der Waals surface area contributed by atoms with Gasteiger partial charge >= 0.3 is 0 Å².